The third-order valence-corrected chi connectivity index (χ3v) is 4.01. The van der Waals surface area contributed by atoms with Gasteiger partial charge in [0.05, 0.1) is 5.71 Å². The summed E-state index contributed by atoms with van der Waals surface area (Å²) in [6.45, 7) is 16.1. The predicted molar refractivity (Wildman–Crippen MR) is 89.4 cm³/mol. The van der Waals surface area contributed by atoms with Gasteiger partial charge in [0, 0.05) is 18.4 Å². The van der Waals surface area contributed by atoms with Crippen LogP contribution in [0.15, 0.2) is 5.16 Å². The highest BCUT2D eigenvalue weighted by atomic mass is 16.6. The fraction of sp³-hybridized carbons (Fsp3) is 0.882. The van der Waals surface area contributed by atoms with Crippen molar-refractivity contribution < 1.29 is 9.63 Å². The molecule has 0 aliphatic rings. The van der Waals surface area contributed by atoms with Gasteiger partial charge in [-0.3, -0.25) is 4.79 Å². The summed E-state index contributed by atoms with van der Waals surface area (Å²) in [6, 6.07) is 0. The molecular formula is C17H34N2O2. The van der Waals surface area contributed by atoms with E-state index >= 15 is 0 Å². The number of nitrogens with one attached hydrogen (secondary N) is 1. The average Bonchev–Trinajstić information content (AvgIpc) is 2.36. The quantitative estimate of drug-likeness (QED) is 0.395. The van der Waals surface area contributed by atoms with Gasteiger partial charge in [-0.1, -0.05) is 53.1 Å². The maximum atomic E-state index is 11.7. The van der Waals surface area contributed by atoms with Crippen LogP contribution in [0, 0.1) is 10.8 Å². The minimum absolute atomic E-state index is 0.0312. The number of carbonyl (C=O) groups is 1. The van der Waals surface area contributed by atoms with E-state index in [2.05, 4.69) is 52.0 Å². The summed E-state index contributed by atoms with van der Waals surface area (Å²) >= 11 is 0. The Kier molecular flexibility index (Phi) is 8.60. The van der Waals surface area contributed by atoms with Gasteiger partial charge >= 0.3 is 0 Å². The standard InChI is InChI=1S/C17H34N2O2/c1-8-17(6,7)11-12-18-15(20)10-9-13-21-19-14(2)16(3,4)5/h8-13H2,1-7H3,(H,18,20)/b19-14-. The van der Waals surface area contributed by atoms with Crippen molar-refractivity contribution >= 4 is 11.6 Å². The van der Waals surface area contributed by atoms with E-state index < -0.39 is 0 Å². The molecule has 1 N–H and O–H groups in total. The highest BCUT2D eigenvalue weighted by molar-refractivity contribution is 5.86. The van der Waals surface area contributed by atoms with Crippen molar-refractivity contribution in [3.05, 3.63) is 0 Å². The molecule has 0 spiro atoms. The van der Waals surface area contributed by atoms with E-state index in [1.807, 2.05) is 6.92 Å². The topological polar surface area (TPSA) is 50.7 Å². The number of hydrogen-bond donors (Lipinski definition) is 1. The fourth-order valence-corrected chi connectivity index (χ4v) is 1.38. The van der Waals surface area contributed by atoms with E-state index in [9.17, 15) is 4.79 Å². The van der Waals surface area contributed by atoms with Gasteiger partial charge in [-0.05, 0) is 25.2 Å². The van der Waals surface area contributed by atoms with E-state index in [-0.39, 0.29) is 11.3 Å². The van der Waals surface area contributed by atoms with Gasteiger partial charge in [0.1, 0.15) is 6.61 Å². The highest BCUT2D eigenvalue weighted by Crippen LogP contribution is 2.23. The molecule has 21 heavy (non-hydrogen) atoms. The van der Waals surface area contributed by atoms with Crippen LogP contribution in [-0.2, 0) is 9.63 Å². The van der Waals surface area contributed by atoms with Crippen LogP contribution in [0.25, 0.3) is 0 Å². The monoisotopic (exact) mass is 298 g/mol. The van der Waals surface area contributed by atoms with Crippen LogP contribution in [0.3, 0.4) is 0 Å². The lowest BCUT2D eigenvalue weighted by atomic mass is 9.86. The van der Waals surface area contributed by atoms with Crippen LogP contribution in [0.2, 0.25) is 0 Å². The largest absolute Gasteiger partial charge is 0.396 e. The molecule has 0 aliphatic heterocycles. The second kappa shape index (κ2) is 9.06. The van der Waals surface area contributed by atoms with Crippen LogP contribution in [0.5, 0.6) is 0 Å². The van der Waals surface area contributed by atoms with Gasteiger partial charge in [-0.25, -0.2) is 0 Å². The summed E-state index contributed by atoms with van der Waals surface area (Å²) in [4.78, 5) is 16.9. The molecule has 124 valence electrons. The van der Waals surface area contributed by atoms with Gasteiger partial charge in [0.25, 0.3) is 0 Å². The lowest BCUT2D eigenvalue weighted by molar-refractivity contribution is -0.121. The van der Waals surface area contributed by atoms with Gasteiger partial charge in [0.15, 0.2) is 0 Å². The van der Waals surface area contributed by atoms with Crippen molar-refractivity contribution in [2.75, 3.05) is 13.2 Å². The van der Waals surface area contributed by atoms with Crippen LogP contribution in [-0.4, -0.2) is 24.8 Å². The molecule has 0 heterocycles. The first-order chi connectivity index (χ1) is 9.58. The van der Waals surface area contributed by atoms with Gasteiger partial charge in [-0.2, -0.15) is 0 Å². The van der Waals surface area contributed by atoms with Gasteiger partial charge in [-0.15, -0.1) is 0 Å². The van der Waals surface area contributed by atoms with Crippen LogP contribution >= 0.6 is 0 Å². The number of rotatable bonds is 9. The normalized spacial score (nSPS) is 13.2. The van der Waals surface area contributed by atoms with E-state index in [0.29, 0.717) is 24.9 Å². The Morgan fingerprint density at radius 3 is 2.33 bits per heavy atom. The maximum absolute atomic E-state index is 11.7. The SMILES string of the molecule is CCC(C)(C)CCNC(=O)CCCO/N=C(/C)C(C)(C)C. The number of oxime groups is 1. The van der Waals surface area contributed by atoms with Gasteiger partial charge in [0.2, 0.25) is 5.91 Å². The number of hydrogen-bond acceptors (Lipinski definition) is 3. The zero-order valence-corrected chi connectivity index (χ0v) is 15.0. The van der Waals surface area contributed by atoms with Crippen molar-refractivity contribution in [1.82, 2.24) is 5.32 Å². The van der Waals surface area contributed by atoms with E-state index in [1.54, 1.807) is 0 Å². The Labute approximate surface area is 130 Å². The molecule has 1 amide bonds. The first-order valence-corrected chi connectivity index (χ1v) is 8.02. The molecule has 4 heteroatoms. The molecule has 0 aromatic rings. The van der Waals surface area contributed by atoms with Crippen LogP contribution < -0.4 is 5.32 Å². The molecule has 0 saturated carbocycles. The summed E-state index contributed by atoms with van der Waals surface area (Å²) in [5, 5.41) is 7.05. The first-order valence-electron chi connectivity index (χ1n) is 8.02. The molecule has 0 rings (SSSR count). The molecule has 0 aromatic heterocycles. The van der Waals surface area contributed by atoms with Crippen LogP contribution in [0.4, 0.5) is 0 Å². The zero-order chi connectivity index (χ0) is 16.5. The minimum Gasteiger partial charge on any atom is -0.396 e. The second-order valence-corrected chi connectivity index (χ2v) is 7.48. The third-order valence-electron chi connectivity index (χ3n) is 4.01. The summed E-state index contributed by atoms with van der Waals surface area (Å²) in [7, 11) is 0. The predicted octanol–water partition coefficient (Wildman–Crippen LogP) is 4.15. The molecule has 0 aromatic carbocycles. The highest BCUT2D eigenvalue weighted by Gasteiger charge is 2.15. The molecule has 0 atom stereocenters. The average molecular weight is 298 g/mol. The Hall–Kier alpha value is -1.06. The summed E-state index contributed by atoms with van der Waals surface area (Å²) < 4.78 is 0. The molecule has 0 unspecified atom stereocenters. The summed E-state index contributed by atoms with van der Waals surface area (Å²) in [5.41, 5.74) is 1.30. The number of amides is 1. The smallest absolute Gasteiger partial charge is 0.220 e. The van der Waals surface area contributed by atoms with E-state index in [0.717, 1.165) is 25.1 Å². The first kappa shape index (κ1) is 19.9. The van der Waals surface area contributed by atoms with Gasteiger partial charge < -0.3 is 10.2 Å². The number of nitrogens with zero attached hydrogens (tertiary/aromatic N) is 1. The number of carbonyl (C=O) groups excluding carboxylic acids is 1. The second-order valence-electron chi connectivity index (χ2n) is 7.48. The molecule has 0 aliphatic carbocycles. The van der Waals surface area contributed by atoms with Crippen molar-refractivity contribution in [2.24, 2.45) is 16.0 Å². The third kappa shape index (κ3) is 10.3. The Morgan fingerprint density at radius 1 is 1.19 bits per heavy atom. The van der Waals surface area contributed by atoms with E-state index in [4.69, 9.17) is 4.84 Å². The van der Waals surface area contributed by atoms with Crippen molar-refractivity contribution in [3.63, 3.8) is 0 Å². The van der Waals surface area contributed by atoms with Crippen molar-refractivity contribution in [1.29, 1.82) is 0 Å². The zero-order valence-electron chi connectivity index (χ0n) is 15.0. The summed E-state index contributed by atoms with van der Waals surface area (Å²) in [6.07, 6.45) is 3.34. The molecule has 4 nitrogen and oxygen atoms in total. The Bertz CT molecular complexity index is 341. The lowest BCUT2D eigenvalue weighted by Crippen LogP contribution is -2.27. The summed E-state index contributed by atoms with van der Waals surface area (Å²) in [5.74, 6) is 0.0991. The Morgan fingerprint density at radius 2 is 1.81 bits per heavy atom. The molecule has 0 radical (unpaired) electrons. The maximum Gasteiger partial charge on any atom is 0.220 e. The van der Waals surface area contributed by atoms with Crippen LogP contribution in [0.1, 0.15) is 74.1 Å². The Balaban J connectivity index is 3.73. The molecular weight excluding hydrogens is 264 g/mol. The minimum atomic E-state index is 0.0312. The molecule has 0 fully saturated rings. The lowest BCUT2D eigenvalue weighted by Gasteiger charge is -2.22. The fourth-order valence-electron chi connectivity index (χ4n) is 1.38. The molecule has 0 bridgehead atoms. The van der Waals surface area contributed by atoms with Crippen molar-refractivity contribution in [2.45, 2.75) is 74.1 Å². The van der Waals surface area contributed by atoms with E-state index in [1.165, 1.54) is 0 Å². The van der Waals surface area contributed by atoms with Crippen molar-refractivity contribution in [3.8, 4) is 0 Å². The molecule has 0 saturated heterocycles.